The van der Waals surface area contributed by atoms with Gasteiger partial charge in [-0.3, -0.25) is 9.99 Å². The molecular weight excluding hydrogens is 548 g/mol. The van der Waals surface area contributed by atoms with Gasteiger partial charge in [0.05, 0.1) is 34.1 Å². The summed E-state index contributed by atoms with van der Waals surface area (Å²) in [4.78, 5) is 8.35. The standard InChI is InChI=1S/C30H32F4N8/c1-8-18-14-36-26-19(13-35)11-20(12-22(26)25(18)37-16-28(3,4)5)39-27(21-9-10-24(31)38-17(21)2)23-15-42(41-40-23)29(6,7)30(32,33)34/h1,9-12,14-15,27,39-41H,16H2,2-7H3,(H,36,37)/t27-/m0/s1. The molecule has 1 aliphatic rings. The molecule has 0 aliphatic carbocycles. The number of terminal acetylenes is 1. The number of hydrogen-bond acceptors (Lipinski definition) is 8. The number of benzene rings is 1. The molecule has 4 rings (SSSR count). The van der Waals surface area contributed by atoms with Gasteiger partial charge in [0, 0.05) is 41.3 Å². The van der Waals surface area contributed by atoms with Crippen molar-refractivity contribution < 1.29 is 17.6 Å². The van der Waals surface area contributed by atoms with Crippen molar-refractivity contribution in [2.75, 3.05) is 17.2 Å². The van der Waals surface area contributed by atoms with E-state index in [-0.39, 0.29) is 11.0 Å². The van der Waals surface area contributed by atoms with Crippen LogP contribution in [0.5, 0.6) is 0 Å². The van der Waals surface area contributed by atoms with E-state index in [4.69, 9.17) is 6.42 Å². The van der Waals surface area contributed by atoms with Crippen LogP contribution >= 0.6 is 0 Å². The zero-order valence-corrected chi connectivity index (χ0v) is 24.1. The van der Waals surface area contributed by atoms with Gasteiger partial charge < -0.3 is 16.1 Å². The first kappa shape index (κ1) is 30.4. The molecular formula is C30H32F4N8. The summed E-state index contributed by atoms with van der Waals surface area (Å²) in [5.74, 6) is 1.95. The number of anilines is 2. The van der Waals surface area contributed by atoms with Gasteiger partial charge >= 0.3 is 6.18 Å². The molecule has 0 amide bonds. The minimum atomic E-state index is -4.55. The Morgan fingerprint density at radius 1 is 1.12 bits per heavy atom. The lowest BCUT2D eigenvalue weighted by Crippen LogP contribution is -2.57. The highest BCUT2D eigenvalue weighted by molar-refractivity contribution is 5.99. The van der Waals surface area contributed by atoms with Gasteiger partial charge in [-0.1, -0.05) is 32.8 Å². The van der Waals surface area contributed by atoms with Crippen LogP contribution in [0.3, 0.4) is 0 Å². The molecule has 3 aromatic rings. The smallest absolute Gasteiger partial charge is 0.383 e. The van der Waals surface area contributed by atoms with E-state index in [0.29, 0.717) is 51.3 Å². The Balaban J connectivity index is 1.86. The van der Waals surface area contributed by atoms with Crippen molar-refractivity contribution in [1.29, 1.82) is 5.26 Å². The number of fused-ring (bicyclic) bond motifs is 1. The Labute approximate surface area is 242 Å². The zero-order chi connectivity index (χ0) is 31.0. The van der Waals surface area contributed by atoms with E-state index in [9.17, 15) is 22.8 Å². The summed E-state index contributed by atoms with van der Waals surface area (Å²) in [6, 6.07) is 7.41. The van der Waals surface area contributed by atoms with Crippen molar-refractivity contribution in [2.45, 2.75) is 59.3 Å². The highest BCUT2D eigenvalue weighted by Crippen LogP contribution is 2.38. The molecule has 1 aromatic carbocycles. The van der Waals surface area contributed by atoms with Gasteiger partial charge in [0.1, 0.15) is 11.6 Å². The summed E-state index contributed by atoms with van der Waals surface area (Å²) in [5.41, 5.74) is 6.48. The number of nitrogens with zero attached hydrogens (tertiary/aromatic N) is 4. The van der Waals surface area contributed by atoms with Crippen LogP contribution in [0.1, 0.15) is 63.0 Å². The molecule has 2 aromatic heterocycles. The summed E-state index contributed by atoms with van der Waals surface area (Å²) in [6.45, 7) is 10.5. The highest BCUT2D eigenvalue weighted by Gasteiger charge is 2.52. The number of rotatable bonds is 7. The molecule has 8 nitrogen and oxygen atoms in total. The number of hydrogen-bond donors (Lipinski definition) is 4. The number of halogens is 4. The van der Waals surface area contributed by atoms with E-state index in [1.54, 1.807) is 19.1 Å². The van der Waals surface area contributed by atoms with Crippen LogP contribution in [-0.4, -0.2) is 33.2 Å². The number of alkyl halides is 3. The van der Waals surface area contributed by atoms with Crippen molar-refractivity contribution >= 4 is 22.3 Å². The molecule has 0 saturated carbocycles. The summed E-state index contributed by atoms with van der Waals surface area (Å²) >= 11 is 0. The summed E-state index contributed by atoms with van der Waals surface area (Å²) < 4.78 is 55.3. The summed E-state index contributed by atoms with van der Waals surface area (Å²) in [6.07, 6.45) is 4.06. The lowest BCUT2D eigenvalue weighted by atomic mass is 9.96. The van der Waals surface area contributed by atoms with E-state index in [0.717, 1.165) is 18.9 Å². The van der Waals surface area contributed by atoms with Crippen molar-refractivity contribution in [3.63, 3.8) is 0 Å². The Bertz CT molecular complexity index is 1620. The van der Waals surface area contributed by atoms with Crippen LogP contribution in [0.2, 0.25) is 0 Å². The molecule has 0 bridgehead atoms. The molecule has 4 N–H and O–H groups in total. The molecule has 1 atom stereocenters. The van der Waals surface area contributed by atoms with E-state index in [1.165, 1.54) is 24.5 Å². The normalized spacial score (nSPS) is 14.6. The maximum atomic E-state index is 13.9. The van der Waals surface area contributed by atoms with Crippen molar-refractivity contribution in [1.82, 2.24) is 25.9 Å². The molecule has 0 spiro atoms. The first-order valence-corrected chi connectivity index (χ1v) is 13.1. The van der Waals surface area contributed by atoms with E-state index < -0.39 is 23.7 Å². The fourth-order valence-electron chi connectivity index (χ4n) is 4.37. The molecule has 3 heterocycles. The quantitative estimate of drug-likeness (QED) is 0.152. The van der Waals surface area contributed by atoms with Gasteiger partial charge in [0.2, 0.25) is 5.95 Å². The molecule has 0 unspecified atom stereocenters. The van der Waals surface area contributed by atoms with E-state index >= 15 is 0 Å². The predicted molar refractivity (Wildman–Crippen MR) is 154 cm³/mol. The Morgan fingerprint density at radius 2 is 1.83 bits per heavy atom. The summed E-state index contributed by atoms with van der Waals surface area (Å²) in [7, 11) is 0. The largest absolute Gasteiger partial charge is 0.412 e. The Kier molecular flexibility index (Phi) is 7.98. The number of pyridine rings is 2. The third-order valence-electron chi connectivity index (χ3n) is 6.95. The first-order chi connectivity index (χ1) is 19.6. The van der Waals surface area contributed by atoms with Crippen LogP contribution in [0.4, 0.5) is 28.9 Å². The van der Waals surface area contributed by atoms with Gasteiger partial charge in [-0.15, -0.1) is 12.0 Å². The second kappa shape index (κ2) is 11.0. The van der Waals surface area contributed by atoms with Gasteiger partial charge in [0.15, 0.2) is 0 Å². The fraction of sp³-hybridized carbons (Fsp3) is 0.367. The second-order valence-electron chi connectivity index (χ2n) is 11.8. The van der Waals surface area contributed by atoms with Crippen LogP contribution in [-0.2, 0) is 0 Å². The lowest BCUT2D eigenvalue weighted by Gasteiger charge is -2.36. The SMILES string of the molecule is C#Cc1cnc2c(C#N)cc(N[C@H](C3=CN(C(C)(C)C(F)(F)F)NN3)c3ccc(F)nc3C)cc2c1NCC(C)(C)C. The molecule has 0 saturated heterocycles. The van der Waals surface area contributed by atoms with Crippen molar-refractivity contribution in [3.8, 4) is 18.4 Å². The van der Waals surface area contributed by atoms with Crippen LogP contribution in [0, 0.1) is 42.0 Å². The van der Waals surface area contributed by atoms with E-state index in [2.05, 4.69) is 64.3 Å². The second-order valence-corrected chi connectivity index (χ2v) is 11.8. The topological polar surface area (TPSA) is 101 Å². The maximum absolute atomic E-state index is 13.9. The molecule has 12 heteroatoms. The first-order valence-electron chi connectivity index (χ1n) is 13.1. The highest BCUT2D eigenvalue weighted by atomic mass is 19.4. The molecule has 0 radical (unpaired) electrons. The van der Waals surface area contributed by atoms with Gasteiger partial charge in [-0.25, -0.2) is 4.98 Å². The van der Waals surface area contributed by atoms with Gasteiger partial charge in [-0.2, -0.15) is 22.8 Å². The Morgan fingerprint density at radius 3 is 2.43 bits per heavy atom. The van der Waals surface area contributed by atoms with Crippen LogP contribution < -0.4 is 21.6 Å². The predicted octanol–water partition coefficient (Wildman–Crippen LogP) is 6.05. The summed E-state index contributed by atoms with van der Waals surface area (Å²) in [5, 5.41) is 18.2. The number of aromatic nitrogens is 2. The molecule has 42 heavy (non-hydrogen) atoms. The zero-order valence-electron chi connectivity index (χ0n) is 24.1. The fourth-order valence-corrected chi connectivity index (χ4v) is 4.37. The third kappa shape index (κ3) is 6.04. The number of hydrazine groups is 2. The minimum Gasteiger partial charge on any atom is -0.383 e. The third-order valence-corrected chi connectivity index (χ3v) is 6.95. The van der Waals surface area contributed by atoms with Crippen LogP contribution in [0.25, 0.3) is 10.9 Å². The Hall–Kier alpha value is -4.55. The number of aryl methyl sites for hydroxylation is 1. The number of nitriles is 1. The minimum absolute atomic E-state index is 0.0860. The van der Waals surface area contributed by atoms with Crippen molar-refractivity contribution in [2.24, 2.45) is 5.41 Å². The van der Waals surface area contributed by atoms with Gasteiger partial charge in [-0.05, 0) is 44.4 Å². The molecule has 1 aliphatic heterocycles. The maximum Gasteiger partial charge on any atom is 0.412 e. The molecule has 220 valence electrons. The van der Waals surface area contributed by atoms with E-state index in [1.807, 2.05) is 0 Å². The molecule has 0 fully saturated rings. The average molecular weight is 581 g/mol. The monoisotopic (exact) mass is 580 g/mol. The van der Waals surface area contributed by atoms with Gasteiger partial charge in [0.25, 0.3) is 0 Å². The van der Waals surface area contributed by atoms with Crippen LogP contribution in [0.15, 0.2) is 42.4 Å². The van der Waals surface area contributed by atoms with Crippen molar-refractivity contribution in [3.05, 3.63) is 70.7 Å². The number of nitrogens with one attached hydrogen (secondary N) is 4. The lowest BCUT2D eigenvalue weighted by molar-refractivity contribution is -0.219. The average Bonchev–Trinajstić information content (AvgIpc) is 3.40.